The van der Waals surface area contributed by atoms with E-state index in [1.54, 1.807) is 0 Å². The van der Waals surface area contributed by atoms with Crippen molar-refractivity contribution in [2.45, 2.75) is 19.3 Å². The first-order valence-corrected chi connectivity index (χ1v) is 7.74. The second-order valence-corrected chi connectivity index (χ2v) is 5.70. The summed E-state index contributed by atoms with van der Waals surface area (Å²) in [4.78, 5) is 14.6. The lowest BCUT2D eigenvalue weighted by molar-refractivity contribution is 0.0915. The van der Waals surface area contributed by atoms with Crippen molar-refractivity contribution < 1.29 is 4.79 Å². The van der Waals surface area contributed by atoms with Gasteiger partial charge in [0.05, 0.1) is 6.54 Å². The molecule has 2 aromatic rings. The number of hydrogen-bond acceptors (Lipinski definition) is 2. The molecule has 108 valence electrons. The van der Waals surface area contributed by atoms with Gasteiger partial charge in [0.2, 0.25) is 0 Å². The van der Waals surface area contributed by atoms with Crippen LogP contribution in [0.4, 0.5) is 0 Å². The van der Waals surface area contributed by atoms with E-state index in [0.717, 1.165) is 24.2 Å². The molecule has 0 aromatic heterocycles. The molecule has 0 atom stereocenters. The third-order valence-corrected chi connectivity index (χ3v) is 4.13. The highest BCUT2D eigenvalue weighted by atomic mass is 16.1. The van der Waals surface area contributed by atoms with Crippen molar-refractivity contribution in [1.29, 1.82) is 0 Å². The summed E-state index contributed by atoms with van der Waals surface area (Å²) in [5.74, 6) is 0.233. The van der Waals surface area contributed by atoms with E-state index in [4.69, 9.17) is 0 Å². The molecule has 1 fully saturated rings. The fourth-order valence-corrected chi connectivity index (χ4v) is 2.89. The van der Waals surface area contributed by atoms with E-state index < -0.39 is 0 Å². The summed E-state index contributed by atoms with van der Waals surface area (Å²) >= 11 is 0. The summed E-state index contributed by atoms with van der Waals surface area (Å²) in [6, 6.07) is 18.2. The summed E-state index contributed by atoms with van der Waals surface area (Å²) in [5.41, 5.74) is 3.16. The Balaban J connectivity index is 1.67. The maximum Gasteiger partial charge on any atom is 0.176 e. The van der Waals surface area contributed by atoms with Gasteiger partial charge in [0.25, 0.3) is 0 Å². The van der Waals surface area contributed by atoms with Crippen LogP contribution in [0.3, 0.4) is 0 Å². The molecule has 0 radical (unpaired) electrons. The van der Waals surface area contributed by atoms with Crippen LogP contribution in [-0.2, 0) is 0 Å². The first-order valence-electron chi connectivity index (χ1n) is 7.74. The maximum atomic E-state index is 12.3. The number of carbonyl (C=O) groups is 1. The van der Waals surface area contributed by atoms with Crippen LogP contribution in [0.1, 0.15) is 29.6 Å². The summed E-state index contributed by atoms with van der Waals surface area (Å²) in [7, 11) is 0. The Bertz CT molecular complexity index is 583. The Morgan fingerprint density at radius 3 is 2.10 bits per heavy atom. The fourth-order valence-electron chi connectivity index (χ4n) is 2.89. The van der Waals surface area contributed by atoms with E-state index in [1.807, 2.05) is 42.5 Å². The van der Waals surface area contributed by atoms with E-state index in [0.29, 0.717) is 6.54 Å². The van der Waals surface area contributed by atoms with Gasteiger partial charge in [-0.3, -0.25) is 9.69 Å². The van der Waals surface area contributed by atoms with E-state index in [2.05, 4.69) is 17.0 Å². The van der Waals surface area contributed by atoms with Crippen LogP contribution in [0.5, 0.6) is 0 Å². The fraction of sp³-hybridized carbons (Fsp3) is 0.316. The number of likely N-dealkylation sites (tertiary alicyclic amines) is 1. The molecule has 1 saturated heterocycles. The third-order valence-electron chi connectivity index (χ3n) is 4.13. The highest BCUT2D eigenvalue weighted by Gasteiger charge is 2.15. The molecule has 0 amide bonds. The number of piperidine rings is 1. The zero-order chi connectivity index (χ0) is 14.5. The van der Waals surface area contributed by atoms with Gasteiger partial charge in [-0.15, -0.1) is 0 Å². The molecule has 1 aliphatic heterocycles. The van der Waals surface area contributed by atoms with Gasteiger partial charge < -0.3 is 0 Å². The zero-order valence-corrected chi connectivity index (χ0v) is 12.3. The van der Waals surface area contributed by atoms with Gasteiger partial charge in [0, 0.05) is 5.56 Å². The van der Waals surface area contributed by atoms with Crippen molar-refractivity contribution >= 4 is 5.78 Å². The Morgan fingerprint density at radius 2 is 1.43 bits per heavy atom. The third kappa shape index (κ3) is 3.59. The summed E-state index contributed by atoms with van der Waals surface area (Å²) in [6.07, 6.45) is 3.75. The smallest absolute Gasteiger partial charge is 0.176 e. The molecule has 1 heterocycles. The van der Waals surface area contributed by atoms with Crippen LogP contribution in [0.25, 0.3) is 11.1 Å². The monoisotopic (exact) mass is 279 g/mol. The molecule has 2 aromatic carbocycles. The first-order chi connectivity index (χ1) is 10.3. The van der Waals surface area contributed by atoms with Gasteiger partial charge in [-0.25, -0.2) is 0 Å². The van der Waals surface area contributed by atoms with E-state index in [1.165, 1.54) is 24.8 Å². The summed E-state index contributed by atoms with van der Waals surface area (Å²) in [6.45, 7) is 2.69. The highest BCUT2D eigenvalue weighted by molar-refractivity contribution is 5.98. The number of benzene rings is 2. The number of rotatable bonds is 4. The minimum absolute atomic E-state index is 0.233. The Labute approximate surface area is 126 Å². The van der Waals surface area contributed by atoms with Crippen molar-refractivity contribution in [2.75, 3.05) is 19.6 Å². The molecule has 0 saturated carbocycles. The molecule has 2 heteroatoms. The van der Waals surface area contributed by atoms with Crippen LogP contribution in [0, 0.1) is 0 Å². The average molecular weight is 279 g/mol. The lowest BCUT2D eigenvalue weighted by Gasteiger charge is -2.25. The average Bonchev–Trinajstić information content (AvgIpc) is 2.57. The Kier molecular flexibility index (Phi) is 4.46. The second-order valence-electron chi connectivity index (χ2n) is 5.70. The van der Waals surface area contributed by atoms with Crippen molar-refractivity contribution in [2.24, 2.45) is 0 Å². The minimum atomic E-state index is 0.233. The largest absolute Gasteiger partial charge is 0.296 e. The molecular weight excluding hydrogens is 258 g/mol. The van der Waals surface area contributed by atoms with Gasteiger partial charge in [0.15, 0.2) is 5.78 Å². The van der Waals surface area contributed by atoms with Gasteiger partial charge in [-0.1, -0.05) is 61.0 Å². The van der Waals surface area contributed by atoms with Crippen molar-refractivity contribution in [3.05, 3.63) is 60.2 Å². The molecule has 0 spiro atoms. The molecule has 21 heavy (non-hydrogen) atoms. The van der Waals surface area contributed by atoms with Crippen molar-refractivity contribution in [1.82, 2.24) is 4.90 Å². The van der Waals surface area contributed by atoms with E-state index in [9.17, 15) is 4.79 Å². The first kappa shape index (κ1) is 14.0. The SMILES string of the molecule is O=C(CN1CCCCC1)c1ccc(-c2ccccc2)cc1. The number of ketones is 1. The predicted octanol–water partition coefficient (Wildman–Crippen LogP) is 4.02. The molecule has 2 nitrogen and oxygen atoms in total. The van der Waals surface area contributed by atoms with E-state index in [-0.39, 0.29) is 5.78 Å². The molecule has 0 unspecified atom stereocenters. The van der Waals surface area contributed by atoms with Crippen LogP contribution >= 0.6 is 0 Å². The summed E-state index contributed by atoms with van der Waals surface area (Å²) < 4.78 is 0. The topological polar surface area (TPSA) is 20.3 Å². The normalized spacial score (nSPS) is 15.8. The zero-order valence-electron chi connectivity index (χ0n) is 12.3. The molecule has 3 rings (SSSR count). The number of Topliss-reactive ketones (excluding diaryl/α,β-unsaturated/α-hetero) is 1. The Hall–Kier alpha value is -1.93. The van der Waals surface area contributed by atoms with Crippen molar-refractivity contribution in [3.8, 4) is 11.1 Å². The molecule has 0 bridgehead atoms. The van der Waals surface area contributed by atoms with Crippen LogP contribution in [0.15, 0.2) is 54.6 Å². The molecule has 1 aliphatic rings. The van der Waals surface area contributed by atoms with Crippen molar-refractivity contribution in [3.63, 3.8) is 0 Å². The van der Waals surface area contributed by atoms with Crippen LogP contribution < -0.4 is 0 Å². The molecular formula is C19H21NO. The molecule has 0 N–H and O–H groups in total. The van der Waals surface area contributed by atoms with Gasteiger partial charge in [-0.05, 0) is 37.1 Å². The number of carbonyl (C=O) groups excluding carboxylic acids is 1. The summed E-state index contributed by atoms with van der Waals surface area (Å²) in [5, 5.41) is 0. The standard InChI is InChI=1S/C19H21NO/c21-19(15-20-13-5-2-6-14-20)18-11-9-17(10-12-18)16-7-3-1-4-8-16/h1,3-4,7-12H,2,5-6,13-15H2. The highest BCUT2D eigenvalue weighted by Crippen LogP contribution is 2.19. The second kappa shape index (κ2) is 6.68. The van der Waals surface area contributed by atoms with Gasteiger partial charge >= 0.3 is 0 Å². The van der Waals surface area contributed by atoms with E-state index >= 15 is 0 Å². The molecule has 0 aliphatic carbocycles. The number of nitrogens with zero attached hydrogens (tertiary/aromatic N) is 1. The lowest BCUT2D eigenvalue weighted by Crippen LogP contribution is -2.34. The van der Waals surface area contributed by atoms with Gasteiger partial charge in [-0.2, -0.15) is 0 Å². The number of hydrogen-bond donors (Lipinski definition) is 0. The van der Waals surface area contributed by atoms with Gasteiger partial charge in [0.1, 0.15) is 0 Å². The Morgan fingerprint density at radius 1 is 0.810 bits per heavy atom. The quantitative estimate of drug-likeness (QED) is 0.788. The van der Waals surface area contributed by atoms with Crippen LogP contribution in [0.2, 0.25) is 0 Å². The predicted molar refractivity (Wildman–Crippen MR) is 86.5 cm³/mol. The minimum Gasteiger partial charge on any atom is -0.296 e. The maximum absolute atomic E-state index is 12.3. The lowest BCUT2D eigenvalue weighted by atomic mass is 10.0. The van der Waals surface area contributed by atoms with Crippen LogP contribution in [-0.4, -0.2) is 30.3 Å².